The topological polar surface area (TPSA) is 41.6 Å². The SMILES string of the molecule is CCC1COCCN1C(=O)c1cccc(NC(C)C)c1. The van der Waals surface area contributed by atoms with Crippen molar-refractivity contribution in [2.24, 2.45) is 0 Å². The fourth-order valence-electron chi connectivity index (χ4n) is 2.50. The van der Waals surface area contributed by atoms with E-state index in [-0.39, 0.29) is 11.9 Å². The number of morpholine rings is 1. The second-order valence-electron chi connectivity index (χ2n) is 5.52. The Morgan fingerprint density at radius 1 is 1.50 bits per heavy atom. The van der Waals surface area contributed by atoms with Gasteiger partial charge in [-0.1, -0.05) is 13.0 Å². The Morgan fingerprint density at radius 2 is 2.30 bits per heavy atom. The van der Waals surface area contributed by atoms with E-state index >= 15 is 0 Å². The van der Waals surface area contributed by atoms with Gasteiger partial charge in [-0.25, -0.2) is 0 Å². The van der Waals surface area contributed by atoms with Crippen molar-refractivity contribution in [3.05, 3.63) is 29.8 Å². The van der Waals surface area contributed by atoms with E-state index in [1.54, 1.807) is 0 Å². The third kappa shape index (κ3) is 3.51. The first-order valence-electron chi connectivity index (χ1n) is 7.37. The molecule has 20 heavy (non-hydrogen) atoms. The van der Waals surface area contributed by atoms with Gasteiger partial charge in [-0.05, 0) is 38.5 Å². The van der Waals surface area contributed by atoms with Gasteiger partial charge in [-0.15, -0.1) is 0 Å². The lowest BCUT2D eigenvalue weighted by atomic mass is 10.1. The van der Waals surface area contributed by atoms with Crippen LogP contribution in [-0.4, -0.2) is 42.6 Å². The molecule has 0 aromatic heterocycles. The lowest BCUT2D eigenvalue weighted by molar-refractivity contribution is -0.00279. The molecule has 4 nitrogen and oxygen atoms in total. The molecule has 1 unspecified atom stereocenters. The Hall–Kier alpha value is -1.55. The molecule has 1 aliphatic heterocycles. The third-order valence-electron chi connectivity index (χ3n) is 3.52. The molecule has 0 spiro atoms. The number of carbonyl (C=O) groups is 1. The fourth-order valence-corrected chi connectivity index (χ4v) is 2.50. The van der Waals surface area contributed by atoms with Gasteiger partial charge in [0.05, 0.1) is 19.3 Å². The number of ether oxygens (including phenoxy) is 1. The van der Waals surface area contributed by atoms with Gasteiger partial charge in [0.15, 0.2) is 0 Å². The van der Waals surface area contributed by atoms with Crippen LogP contribution in [0.15, 0.2) is 24.3 Å². The third-order valence-corrected chi connectivity index (χ3v) is 3.52. The lowest BCUT2D eigenvalue weighted by Crippen LogP contribution is -2.48. The number of nitrogens with one attached hydrogen (secondary N) is 1. The first kappa shape index (κ1) is 14.9. The highest BCUT2D eigenvalue weighted by Crippen LogP contribution is 2.18. The summed E-state index contributed by atoms with van der Waals surface area (Å²) in [6, 6.07) is 8.29. The van der Waals surface area contributed by atoms with Gasteiger partial charge in [-0.3, -0.25) is 4.79 Å². The van der Waals surface area contributed by atoms with E-state index in [1.807, 2.05) is 29.2 Å². The van der Waals surface area contributed by atoms with E-state index in [1.165, 1.54) is 0 Å². The average molecular weight is 276 g/mol. The van der Waals surface area contributed by atoms with E-state index < -0.39 is 0 Å². The summed E-state index contributed by atoms with van der Waals surface area (Å²) in [5.41, 5.74) is 1.74. The Balaban J connectivity index is 2.15. The average Bonchev–Trinajstić information content (AvgIpc) is 2.46. The number of hydrogen-bond acceptors (Lipinski definition) is 3. The monoisotopic (exact) mass is 276 g/mol. The van der Waals surface area contributed by atoms with E-state index in [2.05, 4.69) is 26.1 Å². The first-order valence-corrected chi connectivity index (χ1v) is 7.37. The van der Waals surface area contributed by atoms with Crippen molar-refractivity contribution in [2.45, 2.75) is 39.3 Å². The number of rotatable bonds is 4. The van der Waals surface area contributed by atoms with Gasteiger partial charge in [0.1, 0.15) is 0 Å². The summed E-state index contributed by atoms with van der Waals surface area (Å²) in [5.74, 6) is 0.104. The van der Waals surface area contributed by atoms with Crippen LogP contribution in [0, 0.1) is 0 Å². The molecule has 2 rings (SSSR count). The Morgan fingerprint density at radius 3 is 3.00 bits per heavy atom. The van der Waals surface area contributed by atoms with Crippen LogP contribution in [0.3, 0.4) is 0 Å². The summed E-state index contributed by atoms with van der Waals surface area (Å²) < 4.78 is 5.46. The molecule has 1 saturated heterocycles. The molecule has 1 N–H and O–H groups in total. The maximum atomic E-state index is 12.6. The van der Waals surface area contributed by atoms with E-state index in [0.29, 0.717) is 25.8 Å². The van der Waals surface area contributed by atoms with Crippen LogP contribution in [0.1, 0.15) is 37.6 Å². The minimum Gasteiger partial charge on any atom is -0.383 e. The Labute approximate surface area is 121 Å². The first-order chi connectivity index (χ1) is 9.61. The molecule has 1 amide bonds. The van der Waals surface area contributed by atoms with Crippen LogP contribution in [0.5, 0.6) is 0 Å². The summed E-state index contributed by atoms with van der Waals surface area (Å²) in [4.78, 5) is 14.6. The molecular weight excluding hydrogens is 252 g/mol. The van der Waals surface area contributed by atoms with Crippen molar-refractivity contribution in [3.63, 3.8) is 0 Å². The second kappa shape index (κ2) is 6.75. The van der Waals surface area contributed by atoms with Crippen molar-refractivity contribution >= 4 is 11.6 Å². The fraction of sp³-hybridized carbons (Fsp3) is 0.562. The van der Waals surface area contributed by atoms with Crippen LogP contribution in [-0.2, 0) is 4.74 Å². The summed E-state index contributed by atoms with van der Waals surface area (Å²) >= 11 is 0. The van der Waals surface area contributed by atoms with Crippen molar-refractivity contribution in [3.8, 4) is 0 Å². The molecule has 1 aliphatic rings. The molecule has 1 fully saturated rings. The summed E-state index contributed by atoms with van der Waals surface area (Å²) in [6.07, 6.45) is 0.926. The van der Waals surface area contributed by atoms with Crippen molar-refractivity contribution in [2.75, 3.05) is 25.1 Å². The highest BCUT2D eigenvalue weighted by molar-refractivity contribution is 5.95. The van der Waals surface area contributed by atoms with E-state index in [0.717, 1.165) is 17.7 Å². The predicted octanol–water partition coefficient (Wildman–Crippen LogP) is 2.76. The van der Waals surface area contributed by atoms with Crippen LogP contribution in [0.2, 0.25) is 0 Å². The molecular formula is C16H24N2O2. The zero-order valence-electron chi connectivity index (χ0n) is 12.6. The van der Waals surface area contributed by atoms with Gasteiger partial charge in [0.25, 0.3) is 5.91 Å². The Kier molecular flexibility index (Phi) is 5.01. The molecule has 0 bridgehead atoms. The second-order valence-corrected chi connectivity index (χ2v) is 5.52. The quantitative estimate of drug-likeness (QED) is 0.919. The van der Waals surface area contributed by atoms with Crippen LogP contribution in [0.4, 0.5) is 5.69 Å². The van der Waals surface area contributed by atoms with Crippen LogP contribution in [0.25, 0.3) is 0 Å². The highest BCUT2D eigenvalue weighted by Gasteiger charge is 2.26. The number of carbonyl (C=O) groups excluding carboxylic acids is 1. The summed E-state index contributed by atoms with van der Waals surface area (Å²) in [7, 11) is 0. The standard InChI is InChI=1S/C16H24N2O2/c1-4-15-11-20-9-8-18(15)16(19)13-6-5-7-14(10-13)17-12(2)3/h5-7,10,12,15,17H,4,8-9,11H2,1-3H3. The van der Waals surface area contributed by atoms with Crippen LogP contribution < -0.4 is 5.32 Å². The maximum absolute atomic E-state index is 12.6. The van der Waals surface area contributed by atoms with Gasteiger partial charge in [-0.2, -0.15) is 0 Å². The van der Waals surface area contributed by atoms with E-state index in [4.69, 9.17) is 4.74 Å². The van der Waals surface area contributed by atoms with Gasteiger partial charge < -0.3 is 15.0 Å². The Bertz CT molecular complexity index is 460. The molecule has 4 heteroatoms. The van der Waals surface area contributed by atoms with Gasteiger partial charge in [0, 0.05) is 23.8 Å². The maximum Gasteiger partial charge on any atom is 0.254 e. The molecule has 110 valence electrons. The normalized spacial score (nSPS) is 19.2. The molecule has 1 aromatic rings. The van der Waals surface area contributed by atoms with Gasteiger partial charge >= 0.3 is 0 Å². The molecule has 0 saturated carbocycles. The van der Waals surface area contributed by atoms with Crippen LogP contribution >= 0.6 is 0 Å². The van der Waals surface area contributed by atoms with Gasteiger partial charge in [0.2, 0.25) is 0 Å². The molecule has 0 aliphatic carbocycles. The number of nitrogens with zero attached hydrogens (tertiary/aromatic N) is 1. The number of anilines is 1. The molecule has 1 atom stereocenters. The van der Waals surface area contributed by atoms with Crippen molar-refractivity contribution < 1.29 is 9.53 Å². The number of amides is 1. The predicted molar refractivity (Wildman–Crippen MR) is 81.1 cm³/mol. The molecule has 0 radical (unpaired) electrons. The molecule has 1 heterocycles. The number of benzene rings is 1. The summed E-state index contributed by atoms with van der Waals surface area (Å²) in [6.45, 7) is 8.22. The minimum absolute atomic E-state index is 0.104. The lowest BCUT2D eigenvalue weighted by Gasteiger charge is -2.35. The van der Waals surface area contributed by atoms with E-state index in [9.17, 15) is 4.79 Å². The zero-order chi connectivity index (χ0) is 14.5. The smallest absolute Gasteiger partial charge is 0.254 e. The molecule has 1 aromatic carbocycles. The van der Waals surface area contributed by atoms with Crippen molar-refractivity contribution in [1.82, 2.24) is 4.90 Å². The zero-order valence-corrected chi connectivity index (χ0v) is 12.6. The number of hydrogen-bond donors (Lipinski definition) is 1. The largest absolute Gasteiger partial charge is 0.383 e. The van der Waals surface area contributed by atoms with Crippen molar-refractivity contribution in [1.29, 1.82) is 0 Å². The highest BCUT2D eigenvalue weighted by atomic mass is 16.5. The minimum atomic E-state index is 0.104. The summed E-state index contributed by atoms with van der Waals surface area (Å²) in [5, 5.41) is 3.33.